The number of ketones is 1. The normalized spacial score (nSPS) is 14.1. The molecular formula is C16H18BrF3N2O. The van der Waals surface area contributed by atoms with Gasteiger partial charge in [-0.25, -0.2) is 0 Å². The lowest BCUT2D eigenvalue weighted by atomic mass is 9.99. The smallest absolute Gasteiger partial charge is 0.298 e. The van der Waals surface area contributed by atoms with Crippen molar-refractivity contribution in [2.75, 3.05) is 0 Å². The van der Waals surface area contributed by atoms with Crippen LogP contribution in [0.15, 0.2) is 28.7 Å². The highest BCUT2D eigenvalue weighted by Gasteiger charge is 2.42. The summed E-state index contributed by atoms with van der Waals surface area (Å²) in [4.78, 5) is 12.1. The molecule has 0 saturated heterocycles. The summed E-state index contributed by atoms with van der Waals surface area (Å²) in [6, 6.07) is 4.82. The van der Waals surface area contributed by atoms with Gasteiger partial charge in [-0.15, -0.1) is 0 Å². The molecule has 1 N–H and O–H groups in total. The first-order chi connectivity index (χ1) is 10.8. The van der Waals surface area contributed by atoms with E-state index in [0.29, 0.717) is 17.3 Å². The van der Waals surface area contributed by atoms with Gasteiger partial charge in [0.25, 0.3) is 0 Å². The summed E-state index contributed by atoms with van der Waals surface area (Å²) in [5.41, 5.74) is 0.0508. The Hall–Kier alpha value is -1.39. The predicted molar refractivity (Wildman–Crippen MR) is 84.6 cm³/mol. The lowest BCUT2D eigenvalue weighted by molar-refractivity contribution is -0.160. The number of halogens is 4. The van der Waals surface area contributed by atoms with Crippen LogP contribution in [0.1, 0.15) is 44.2 Å². The molecule has 0 aliphatic carbocycles. The number of nitrogens with zero attached hydrogens (tertiary/aromatic N) is 1. The molecule has 0 amide bonds. The minimum absolute atomic E-state index is 0.00962. The summed E-state index contributed by atoms with van der Waals surface area (Å²) in [7, 11) is 0. The van der Waals surface area contributed by atoms with Gasteiger partial charge in [0.15, 0.2) is 5.78 Å². The molecule has 0 radical (unpaired) electrons. The first kappa shape index (κ1) is 19.7. The summed E-state index contributed by atoms with van der Waals surface area (Å²) in [5.74, 6) is -0.361. The van der Waals surface area contributed by atoms with Crippen molar-refractivity contribution < 1.29 is 18.0 Å². The lowest BCUT2D eigenvalue weighted by Gasteiger charge is -2.27. The van der Waals surface area contributed by atoms with E-state index in [-0.39, 0.29) is 24.2 Å². The van der Waals surface area contributed by atoms with E-state index >= 15 is 0 Å². The largest absolute Gasteiger partial charge is 0.407 e. The standard InChI is InChI=1S/C16H18BrF3N2O/c1-2-4-13(14(23)5-3-10-21)22-15(16(18,19)20)11-6-8-12(17)9-7-11/h6-9,13,15,22H,2-5H2,1H3/t13-,15-/m0/s1. The molecule has 0 aliphatic heterocycles. The Morgan fingerprint density at radius 1 is 1.35 bits per heavy atom. The van der Waals surface area contributed by atoms with Crippen LogP contribution < -0.4 is 5.32 Å². The van der Waals surface area contributed by atoms with Crippen molar-refractivity contribution >= 4 is 21.7 Å². The van der Waals surface area contributed by atoms with Gasteiger partial charge >= 0.3 is 6.18 Å². The third-order valence-electron chi connectivity index (χ3n) is 3.35. The van der Waals surface area contributed by atoms with Crippen LogP contribution in [0.5, 0.6) is 0 Å². The molecule has 0 aromatic heterocycles. The van der Waals surface area contributed by atoms with Crippen molar-refractivity contribution in [1.82, 2.24) is 5.32 Å². The maximum absolute atomic E-state index is 13.4. The van der Waals surface area contributed by atoms with Gasteiger partial charge in [-0.1, -0.05) is 41.4 Å². The van der Waals surface area contributed by atoms with Gasteiger partial charge in [-0.05, 0) is 24.1 Å². The number of benzene rings is 1. The molecule has 1 rings (SSSR count). The second-order valence-electron chi connectivity index (χ2n) is 5.16. The third kappa shape index (κ3) is 6.32. The van der Waals surface area contributed by atoms with E-state index in [9.17, 15) is 18.0 Å². The third-order valence-corrected chi connectivity index (χ3v) is 3.88. The number of hydrogen-bond donors (Lipinski definition) is 1. The van der Waals surface area contributed by atoms with Gasteiger partial charge in [0, 0.05) is 17.3 Å². The Morgan fingerprint density at radius 2 is 1.96 bits per heavy atom. The van der Waals surface area contributed by atoms with Crippen LogP contribution in [0.4, 0.5) is 13.2 Å². The SMILES string of the molecule is CCC[C@H](N[C@@H](c1ccc(Br)cc1)C(F)(F)F)C(=O)CCC#N. The van der Waals surface area contributed by atoms with E-state index in [0.717, 1.165) is 0 Å². The number of Topliss-reactive ketones (excluding diaryl/α,β-unsaturated/α-hetero) is 1. The minimum atomic E-state index is -4.52. The van der Waals surface area contributed by atoms with Gasteiger partial charge in [0.2, 0.25) is 0 Å². The van der Waals surface area contributed by atoms with Gasteiger partial charge in [0.1, 0.15) is 6.04 Å². The molecule has 0 heterocycles. The van der Waals surface area contributed by atoms with Crippen molar-refractivity contribution in [3.8, 4) is 6.07 Å². The number of nitriles is 1. The van der Waals surface area contributed by atoms with E-state index in [2.05, 4.69) is 21.2 Å². The van der Waals surface area contributed by atoms with E-state index in [1.807, 2.05) is 6.07 Å². The van der Waals surface area contributed by atoms with E-state index in [4.69, 9.17) is 5.26 Å². The summed E-state index contributed by atoms with van der Waals surface area (Å²) in [6.07, 6.45) is -3.68. The molecule has 0 aliphatic rings. The van der Waals surface area contributed by atoms with Gasteiger partial charge < -0.3 is 0 Å². The zero-order valence-electron chi connectivity index (χ0n) is 12.7. The highest BCUT2D eigenvalue weighted by molar-refractivity contribution is 9.10. The summed E-state index contributed by atoms with van der Waals surface area (Å²) in [5, 5.41) is 11.0. The first-order valence-electron chi connectivity index (χ1n) is 7.27. The monoisotopic (exact) mass is 390 g/mol. The predicted octanol–water partition coefficient (Wildman–Crippen LogP) is 4.68. The molecule has 1 aromatic carbocycles. The van der Waals surface area contributed by atoms with Crippen molar-refractivity contribution in [2.24, 2.45) is 0 Å². The molecule has 3 nitrogen and oxygen atoms in total. The average Bonchev–Trinajstić information content (AvgIpc) is 2.49. The first-order valence-corrected chi connectivity index (χ1v) is 8.06. The number of alkyl halides is 3. The molecule has 0 saturated carbocycles. The molecule has 1 aromatic rings. The molecule has 126 valence electrons. The lowest BCUT2D eigenvalue weighted by Crippen LogP contribution is -2.44. The number of nitrogens with one attached hydrogen (secondary N) is 1. The molecule has 0 unspecified atom stereocenters. The van der Waals surface area contributed by atoms with Crippen LogP contribution in [0, 0.1) is 11.3 Å². The van der Waals surface area contributed by atoms with Crippen LogP contribution in [0.25, 0.3) is 0 Å². The Labute approximate surface area is 142 Å². The van der Waals surface area contributed by atoms with E-state index < -0.39 is 18.3 Å². The molecule has 7 heteroatoms. The number of carbonyl (C=O) groups is 1. The zero-order chi connectivity index (χ0) is 17.5. The highest BCUT2D eigenvalue weighted by atomic mass is 79.9. The Kier molecular flexibility index (Phi) is 7.73. The van der Waals surface area contributed by atoms with Crippen molar-refractivity contribution in [3.63, 3.8) is 0 Å². The molecule has 0 bridgehead atoms. The van der Waals surface area contributed by atoms with Crippen LogP contribution in [-0.2, 0) is 4.79 Å². The fraction of sp³-hybridized carbons (Fsp3) is 0.500. The maximum Gasteiger partial charge on any atom is 0.407 e. The number of rotatable bonds is 8. The molecule has 2 atom stereocenters. The molecule has 23 heavy (non-hydrogen) atoms. The molecular weight excluding hydrogens is 373 g/mol. The van der Waals surface area contributed by atoms with Crippen molar-refractivity contribution in [2.45, 2.75) is 50.9 Å². The minimum Gasteiger partial charge on any atom is -0.298 e. The number of hydrogen-bond acceptors (Lipinski definition) is 3. The summed E-state index contributed by atoms with van der Waals surface area (Å²) in [6.45, 7) is 1.80. The van der Waals surface area contributed by atoms with Gasteiger partial charge in [-0.3, -0.25) is 10.1 Å². The van der Waals surface area contributed by atoms with Gasteiger partial charge in [-0.2, -0.15) is 18.4 Å². The Morgan fingerprint density at radius 3 is 2.43 bits per heavy atom. The fourth-order valence-electron chi connectivity index (χ4n) is 2.22. The van der Waals surface area contributed by atoms with Crippen molar-refractivity contribution in [1.29, 1.82) is 5.26 Å². The average molecular weight is 391 g/mol. The van der Waals surface area contributed by atoms with Crippen LogP contribution in [-0.4, -0.2) is 18.0 Å². The Balaban J connectivity index is 2.99. The second-order valence-corrected chi connectivity index (χ2v) is 6.07. The van der Waals surface area contributed by atoms with Crippen LogP contribution >= 0.6 is 15.9 Å². The molecule has 0 spiro atoms. The fourth-order valence-corrected chi connectivity index (χ4v) is 2.48. The summed E-state index contributed by atoms with van der Waals surface area (Å²) < 4.78 is 40.8. The van der Waals surface area contributed by atoms with E-state index in [1.165, 1.54) is 24.3 Å². The van der Waals surface area contributed by atoms with Crippen LogP contribution in [0.3, 0.4) is 0 Å². The summed E-state index contributed by atoms with van der Waals surface area (Å²) >= 11 is 3.19. The van der Waals surface area contributed by atoms with E-state index in [1.54, 1.807) is 6.92 Å². The topological polar surface area (TPSA) is 52.9 Å². The van der Waals surface area contributed by atoms with Crippen LogP contribution in [0.2, 0.25) is 0 Å². The molecule has 0 fully saturated rings. The zero-order valence-corrected chi connectivity index (χ0v) is 14.2. The van der Waals surface area contributed by atoms with Gasteiger partial charge in [0.05, 0.1) is 12.1 Å². The highest BCUT2D eigenvalue weighted by Crippen LogP contribution is 2.34. The quantitative estimate of drug-likeness (QED) is 0.700. The Bertz CT molecular complexity index is 552. The number of carbonyl (C=O) groups excluding carboxylic acids is 1. The van der Waals surface area contributed by atoms with Crippen molar-refractivity contribution in [3.05, 3.63) is 34.3 Å². The maximum atomic E-state index is 13.4. The second kappa shape index (κ2) is 9.04.